The van der Waals surface area contributed by atoms with E-state index in [9.17, 15) is 14.4 Å². The molecule has 2 aliphatic rings. The minimum atomic E-state index is -0.507. The first-order valence-corrected chi connectivity index (χ1v) is 10.9. The molecule has 5 nitrogen and oxygen atoms in total. The van der Waals surface area contributed by atoms with Crippen LogP contribution in [0.25, 0.3) is 5.57 Å². The van der Waals surface area contributed by atoms with Gasteiger partial charge >= 0.3 is 0 Å². The van der Waals surface area contributed by atoms with Crippen molar-refractivity contribution in [3.63, 3.8) is 0 Å². The van der Waals surface area contributed by atoms with Crippen LogP contribution in [-0.4, -0.2) is 38.2 Å². The lowest BCUT2D eigenvalue weighted by atomic mass is 9.89. The molecule has 0 atom stereocenters. The number of hydrogen-bond donors (Lipinski definition) is 0. The van der Waals surface area contributed by atoms with E-state index in [1.165, 1.54) is 0 Å². The number of benzene rings is 2. The Morgan fingerprint density at radius 1 is 0.967 bits per heavy atom. The Kier molecular flexibility index (Phi) is 5.11. The summed E-state index contributed by atoms with van der Waals surface area (Å²) in [6.07, 6.45) is 2.07. The second kappa shape index (κ2) is 7.49. The molecule has 0 unspecified atom stereocenters. The minimum absolute atomic E-state index is 0.0247. The molecule has 0 aromatic heterocycles. The van der Waals surface area contributed by atoms with Crippen molar-refractivity contribution in [2.45, 2.75) is 26.3 Å². The summed E-state index contributed by atoms with van der Waals surface area (Å²) in [4.78, 5) is 41.2. The Labute approximate surface area is 184 Å². The monoisotopic (exact) mass is 436 g/mol. The lowest BCUT2D eigenvalue weighted by Crippen LogP contribution is -2.50. The summed E-state index contributed by atoms with van der Waals surface area (Å²) in [5.41, 5.74) is 3.14. The quantitative estimate of drug-likeness (QED) is 0.511. The van der Waals surface area contributed by atoms with E-state index in [0.717, 1.165) is 33.5 Å². The number of allylic oxidation sites excluding steroid dienone is 1. The molecule has 0 spiro atoms. The first kappa shape index (κ1) is 20.5. The van der Waals surface area contributed by atoms with Crippen molar-refractivity contribution in [2.24, 2.45) is 0 Å². The molecule has 3 amide bonds. The number of para-hydroxylation sites is 1. The van der Waals surface area contributed by atoms with Crippen molar-refractivity contribution < 1.29 is 14.4 Å². The molecule has 152 valence electrons. The molecule has 2 aromatic carbocycles. The van der Waals surface area contributed by atoms with Gasteiger partial charge < -0.3 is 4.90 Å². The van der Waals surface area contributed by atoms with Crippen LogP contribution < -0.4 is 4.90 Å². The third kappa shape index (κ3) is 3.28. The van der Waals surface area contributed by atoms with Crippen molar-refractivity contribution in [1.29, 1.82) is 0 Å². The second-order valence-electron chi connectivity index (χ2n) is 7.77. The van der Waals surface area contributed by atoms with Crippen LogP contribution in [0.2, 0.25) is 0 Å². The van der Waals surface area contributed by atoms with Gasteiger partial charge in [0.15, 0.2) is 4.32 Å². The molecule has 0 N–H and O–H groups in total. The number of amides is 3. The molecule has 0 aliphatic carbocycles. The van der Waals surface area contributed by atoms with Crippen LogP contribution in [0.3, 0.4) is 0 Å². The summed E-state index contributed by atoms with van der Waals surface area (Å²) >= 11 is 6.39. The molecule has 2 aromatic rings. The van der Waals surface area contributed by atoms with Crippen molar-refractivity contribution >= 4 is 57.3 Å². The number of nitrogens with zero attached hydrogens (tertiary/aromatic N) is 2. The van der Waals surface area contributed by atoms with Crippen LogP contribution in [0.4, 0.5) is 5.69 Å². The maximum atomic E-state index is 13.2. The predicted molar refractivity (Wildman–Crippen MR) is 124 cm³/mol. The number of thioether (sulfide) groups is 1. The van der Waals surface area contributed by atoms with Gasteiger partial charge in [-0.05, 0) is 44.5 Å². The molecule has 2 heterocycles. The maximum absolute atomic E-state index is 13.2. The minimum Gasteiger partial charge on any atom is -0.302 e. The summed E-state index contributed by atoms with van der Waals surface area (Å²) in [5, 5.41) is 0. The summed E-state index contributed by atoms with van der Waals surface area (Å²) in [6, 6.07) is 14.4. The Balaban J connectivity index is 1.52. The van der Waals surface area contributed by atoms with Crippen LogP contribution in [0.5, 0.6) is 0 Å². The van der Waals surface area contributed by atoms with E-state index in [0.29, 0.717) is 11.1 Å². The zero-order valence-electron chi connectivity index (χ0n) is 16.8. The zero-order valence-corrected chi connectivity index (χ0v) is 18.5. The van der Waals surface area contributed by atoms with Gasteiger partial charge in [-0.2, -0.15) is 0 Å². The molecular formula is C23H20N2O3S2. The molecule has 0 bridgehead atoms. The van der Waals surface area contributed by atoms with Crippen molar-refractivity contribution in [3.8, 4) is 0 Å². The molecule has 0 fully saturated rings. The number of anilines is 1. The molecule has 0 radical (unpaired) electrons. The zero-order chi connectivity index (χ0) is 21.6. The van der Waals surface area contributed by atoms with Gasteiger partial charge in [0.2, 0.25) is 5.91 Å². The third-order valence-corrected chi connectivity index (χ3v) is 6.62. The SMILES string of the molecule is CC1=CC(C)(C)N(C(=O)CSC(=S)N2C(=O)c3ccccc3C2=O)c2ccccc21. The molecule has 0 saturated heterocycles. The Morgan fingerprint density at radius 2 is 1.50 bits per heavy atom. The number of rotatable bonds is 2. The number of fused-ring (bicyclic) bond motifs is 2. The van der Waals surface area contributed by atoms with E-state index in [1.807, 2.05) is 45.0 Å². The highest BCUT2D eigenvalue weighted by Crippen LogP contribution is 2.39. The van der Waals surface area contributed by atoms with Crippen LogP contribution in [0.15, 0.2) is 54.6 Å². The molecule has 0 saturated carbocycles. The van der Waals surface area contributed by atoms with E-state index in [1.54, 1.807) is 29.2 Å². The molecular weight excluding hydrogens is 416 g/mol. The van der Waals surface area contributed by atoms with Gasteiger partial charge in [0.05, 0.1) is 28.1 Å². The number of hydrogen-bond acceptors (Lipinski definition) is 5. The average Bonchev–Trinajstić information content (AvgIpc) is 2.96. The number of carbonyl (C=O) groups excluding carboxylic acids is 3. The van der Waals surface area contributed by atoms with Crippen LogP contribution in [0, 0.1) is 0 Å². The third-order valence-electron chi connectivity index (χ3n) is 5.26. The fourth-order valence-corrected chi connectivity index (χ4v) is 5.06. The summed E-state index contributed by atoms with van der Waals surface area (Å²) < 4.78 is 0.0874. The fourth-order valence-electron chi connectivity index (χ4n) is 4.05. The summed E-state index contributed by atoms with van der Waals surface area (Å²) in [6.45, 7) is 6.00. The van der Waals surface area contributed by atoms with Crippen molar-refractivity contribution in [1.82, 2.24) is 4.90 Å². The second-order valence-corrected chi connectivity index (χ2v) is 9.38. The largest absolute Gasteiger partial charge is 0.302 e. The molecule has 2 aliphatic heterocycles. The Morgan fingerprint density at radius 3 is 2.10 bits per heavy atom. The maximum Gasteiger partial charge on any atom is 0.267 e. The van der Waals surface area contributed by atoms with Crippen molar-refractivity contribution in [3.05, 3.63) is 71.3 Å². The van der Waals surface area contributed by atoms with Gasteiger partial charge in [-0.1, -0.05) is 60.4 Å². The topological polar surface area (TPSA) is 57.7 Å². The van der Waals surface area contributed by atoms with Crippen molar-refractivity contribution in [2.75, 3.05) is 10.7 Å². The summed E-state index contributed by atoms with van der Waals surface area (Å²) in [7, 11) is 0. The standard InChI is InChI=1S/C23H20N2O3S2/c1-14-12-23(2,3)25(18-11-7-6-8-15(14)18)19(26)13-30-22(29)24-20(27)16-9-4-5-10-17(16)21(24)28/h4-12H,13H2,1-3H3. The van der Waals surface area contributed by atoms with Gasteiger partial charge in [0.25, 0.3) is 11.8 Å². The highest BCUT2D eigenvalue weighted by atomic mass is 32.2. The fraction of sp³-hybridized carbons (Fsp3) is 0.217. The van der Waals surface area contributed by atoms with Crippen LogP contribution >= 0.6 is 24.0 Å². The summed E-state index contributed by atoms with van der Waals surface area (Å²) in [5.74, 6) is -0.998. The van der Waals surface area contributed by atoms with E-state index in [4.69, 9.17) is 12.2 Å². The Bertz CT molecular complexity index is 1100. The van der Waals surface area contributed by atoms with E-state index in [2.05, 4.69) is 6.08 Å². The number of imide groups is 1. The number of carbonyl (C=O) groups is 3. The van der Waals surface area contributed by atoms with E-state index < -0.39 is 17.4 Å². The van der Waals surface area contributed by atoms with Gasteiger partial charge in [-0.3, -0.25) is 14.4 Å². The van der Waals surface area contributed by atoms with E-state index in [-0.39, 0.29) is 16.0 Å². The smallest absolute Gasteiger partial charge is 0.267 e. The highest BCUT2D eigenvalue weighted by molar-refractivity contribution is 8.23. The first-order chi connectivity index (χ1) is 14.2. The molecule has 4 rings (SSSR count). The lowest BCUT2D eigenvalue weighted by molar-refractivity contribution is -0.116. The highest BCUT2D eigenvalue weighted by Gasteiger charge is 2.39. The van der Waals surface area contributed by atoms with Gasteiger partial charge in [0, 0.05) is 5.56 Å². The number of thiocarbonyl (C=S) groups is 1. The first-order valence-electron chi connectivity index (χ1n) is 9.49. The molecule has 7 heteroatoms. The van der Waals surface area contributed by atoms with Gasteiger partial charge in [0.1, 0.15) is 0 Å². The normalized spacial score (nSPS) is 16.8. The molecule has 30 heavy (non-hydrogen) atoms. The van der Waals surface area contributed by atoms with Gasteiger partial charge in [-0.25, -0.2) is 4.90 Å². The van der Waals surface area contributed by atoms with E-state index >= 15 is 0 Å². The van der Waals surface area contributed by atoms with Crippen LogP contribution in [0.1, 0.15) is 47.1 Å². The predicted octanol–water partition coefficient (Wildman–Crippen LogP) is 4.53. The lowest BCUT2D eigenvalue weighted by Gasteiger charge is -2.41. The Hall–Kier alpha value is -2.77. The average molecular weight is 437 g/mol. The van der Waals surface area contributed by atoms with Crippen LogP contribution in [-0.2, 0) is 4.79 Å². The van der Waals surface area contributed by atoms with Gasteiger partial charge in [-0.15, -0.1) is 0 Å².